The summed E-state index contributed by atoms with van der Waals surface area (Å²) in [5.41, 5.74) is 2.58. The van der Waals surface area contributed by atoms with Gasteiger partial charge in [-0.25, -0.2) is 8.42 Å². The van der Waals surface area contributed by atoms with Crippen molar-refractivity contribution in [1.82, 2.24) is 4.98 Å². The largest absolute Gasteiger partial charge is 0.322 e. The number of pyridine rings is 1. The van der Waals surface area contributed by atoms with Gasteiger partial charge in [0, 0.05) is 23.0 Å². The third kappa shape index (κ3) is 3.28. The highest BCUT2D eigenvalue weighted by molar-refractivity contribution is 7.90. The lowest BCUT2D eigenvalue weighted by atomic mass is 10.1. The van der Waals surface area contributed by atoms with Gasteiger partial charge in [0.25, 0.3) is 5.91 Å². The van der Waals surface area contributed by atoms with Gasteiger partial charge < -0.3 is 5.32 Å². The molecule has 2 aromatic carbocycles. The molecule has 1 N–H and O–H groups in total. The molecule has 0 radical (unpaired) electrons. The van der Waals surface area contributed by atoms with E-state index in [0.717, 1.165) is 22.9 Å². The summed E-state index contributed by atoms with van der Waals surface area (Å²) in [6.07, 6.45) is 1.15. The van der Waals surface area contributed by atoms with E-state index in [-0.39, 0.29) is 10.8 Å². The van der Waals surface area contributed by atoms with Crippen LogP contribution in [0.4, 0.5) is 5.69 Å². The first kappa shape index (κ1) is 16.1. The van der Waals surface area contributed by atoms with Gasteiger partial charge in [-0.05, 0) is 43.3 Å². The lowest BCUT2D eigenvalue weighted by Crippen LogP contribution is -2.13. The van der Waals surface area contributed by atoms with E-state index in [1.807, 2.05) is 31.2 Å². The fraction of sp³-hybridized carbons (Fsp3) is 0.111. The fourth-order valence-corrected chi connectivity index (χ4v) is 3.11. The monoisotopic (exact) mass is 340 g/mol. The summed E-state index contributed by atoms with van der Waals surface area (Å²) in [6, 6.07) is 15.3. The van der Waals surface area contributed by atoms with E-state index in [1.54, 1.807) is 18.2 Å². The van der Waals surface area contributed by atoms with Crippen LogP contribution in [-0.2, 0) is 9.84 Å². The molecule has 0 unspecified atom stereocenters. The molecule has 1 heterocycles. The van der Waals surface area contributed by atoms with Gasteiger partial charge in [0.05, 0.1) is 16.0 Å². The van der Waals surface area contributed by atoms with Gasteiger partial charge in [-0.15, -0.1) is 0 Å². The number of nitrogens with zero attached hydrogens (tertiary/aromatic N) is 1. The van der Waals surface area contributed by atoms with E-state index < -0.39 is 9.84 Å². The third-order valence-corrected chi connectivity index (χ3v) is 4.76. The number of carbonyl (C=O) groups excluding carboxylic acids is 1. The first-order valence-electron chi connectivity index (χ1n) is 7.32. The summed E-state index contributed by atoms with van der Waals surface area (Å²) in [7, 11) is -3.26. The third-order valence-electron chi connectivity index (χ3n) is 3.63. The van der Waals surface area contributed by atoms with E-state index in [9.17, 15) is 13.2 Å². The standard InChI is InChI=1S/C18H16N2O3S/c1-12-11-16(15-5-3-4-6-17(15)19-12)18(21)20-13-7-9-14(10-8-13)24(2,22)23/h3-11H,1-2H3,(H,20,21). The number of hydrogen-bond donors (Lipinski definition) is 1. The number of sulfone groups is 1. The van der Waals surface area contributed by atoms with Crippen LogP contribution in [0.3, 0.4) is 0 Å². The molecule has 0 aliphatic carbocycles. The zero-order valence-corrected chi connectivity index (χ0v) is 14.1. The Morgan fingerprint density at radius 1 is 1.04 bits per heavy atom. The highest BCUT2D eigenvalue weighted by Crippen LogP contribution is 2.20. The normalized spacial score (nSPS) is 11.4. The maximum absolute atomic E-state index is 12.6. The van der Waals surface area contributed by atoms with E-state index in [1.165, 1.54) is 12.1 Å². The van der Waals surface area contributed by atoms with Gasteiger partial charge in [0.15, 0.2) is 9.84 Å². The topological polar surface area (TPSA) is 76.1 Å². The van der Waals surface area contributed by atoms with Crippen LogP contribution >= 0.6 is 0 Å². The number of para-hydroxylation sites is 1. The van der Waals surface area contributed by atoms with Crippen molar-refractivity contribution in [2.24, 2.45) is 0 Å². The van der Waals surface area contributed by atoms with Crippen molar-refractivity contribution in [3.8, 4) is 0 Å². The fourth-order valence-electron chi connectivity index (χ4n) is 2.48. The molecule has 122 valence electrons. The number of benzene rings is 2. The van der Waals surface area contributed by atoms with E-state index in [2.05, 4.69) is 10.3 Å². The van der Waals surface area contributed by atoms with Crippen molar-refractivity contribution in [3.63, 3.8) is 0 Å². The van der Waals surface area contributed by atoms with Crippen LogP contribution in [0.1, 0.15) is 16.1 Å². The highest BCUT2D eigenvalue weighted by atomic mass is 32.2. The molecule has 1 amide bonds. The van der Waals surface area contributed by atoms with Crippen LogP contribution in [0.25, 0.3) is 10.9 Å². The summed E-state index contributed by atoms with van der Waals surface area (Å²) in [5.74, 6) is -0.260. The lowest BCUT2D eigenvalue weighted by Gasteiger charge is -2.09. The minimum atomic E-state index is -3.26. The molecule has 5 nitrogen and oxygen atoms in total. The Kier molecular flexibility index (Phi) is 4.07. The number of amides is 1. The SMILES string of the molecule is Cc1cc(C(=O)Nc2ccc(S(C)(=O)=O)cc2)c2ccccc2n1. The molecule has 0 aliphatic rings. The van der Waals surface area contributed by atoms with Gasteiger partial charge in [-0.1, -0.05) is 18.2 Å². The zero-order valence-electron chi connectivity index (χ0n) is 13.3. The second kappa shape index (κ2) is 6.05. The first-order chi connectivity index (χ1) is 11.3. The van der Waals surface area contributed by atoms with Gasteiger partial charge >= 0.3 is 0 Å². The molecular weight excluding hydrogens is 324 g/mol. The van der Waals surface area contributed by atoms with E-state index >= 15 is 0 Å². The highest BCUT2D eigenvalue weighted by Gasteiger charge is 2.13. The van der Waals surface area contributed by atoms with Crippen molar-refractivity contribution in [2.75, 3.05) is 11.6 Å². The minimum Gasteiger partial charge on any atom is -0.322 e. The Hall–Kier alpha value is -2.73. The zero-order chi connectivity index (χ0) is 17.3. The molecule has 0 bridgehead atoms. The van der Waals surface area contributed by atoms with Crippen molar-refractivity contribution in [2.45, 2.75) is 11.8 Å². The van der Waals surface area contributed by atoms with Crippen molar-refractivity contribution in [3.05, 3.63) is 65.9 Å². The predicted molar refractivity (Wildman–Crippen MR) is 94.0 cm³/mol. The van der Waals surface area contributed by atoms with Gasteiger partial charge in [-0.2, -0.15) is 0 Å². The average Bonchev–Trinajstić information content (AvgIpc) is 2.53. The maximum Gasteiger partial charge on any atom is 0.256 e. The van der Waals surface area contributed by atoms with Crippen LogP contribution in [0.5, 0.6) is 0 Å². The molecule has 0 spiro atoms. The maximum atomic E-state index is 12.6. The summed E-state index contributed by atoms with van der Waals surface area (Å²) in [6.45, 7) is 1.84. The smallest absolute Gasteiger partial charge is 0.256 e. The minimum absolute atomic E-state index is 0.214. The Morgan fingerprint density at radius 3 is 2.38 bits per heavy atom. The molecule has 6 heteroatoms. The molecule has 0 saturated heterocycles. The van der Waals surface area contributed by atoms with Crippen LogP contribution in [0.2, 0.25) is 0 Å². The number of fused-ring (bicyclic) bond motifs is 1. The molecule has 0 fully saturated rings. The summed E-state index contributed by atoms with van der Waals surface area (Å²) >= 11 is 0. The molecule has 0 atom stereocenters. The Balaban J connectivity index is 1.93. The number of hydrogen-bond acceptors (Lipinski definition) is 4. The van der Waals surface area contributed by atoms with E-state index in [0.29, 0.717) is 11.3 Å². The molecule has 0 aliphatic heterocycles. The molecule has 0 saturated carbocycles. The van der Waals surface area contributed by atoms with Crippen molar-refractivity contribution >= 4 is 32.3 Å². The van der Waals surface area contributed by atoms with Crippen molar-refractivity contribution < 1.29 is 13.2 Å². The second-order valence-electron chi connectivity index (χ2n) is 5.58. The summed E-state index contributed by atoms with van der Waals surface area (Å²) < 4.78 is 23.0. The quantitative estimate of drug-likeness (QED) is 0.794. The van der Waals surface area contributed by atoms with Gasteiger partial charge in [0.2, 0.25) is 0 Å². The number of rotatable bonds is 3. The first-order valence-corrected chi connectivity index (χ1v) is 9.21. The van der Waals surface area contributed by atoms with Crippen LogP contribution in [0.15, 0.2) is 59.5 Å². The number of aromatic nitrogens is 1. The Bertz CT molecular complexity index is 1030. The lowest BCUT2D eigenvalue weighted by molar-refractivity contribution is 0.102. The van der Waals surface area contributed by atoms with Crippen LogP contribution in [-0.4, -0.2) is 25.6 Å². The number of nitrogens with one attached hydrogen (secondary N) is 1. The number of carbonyl (C=O) groups is 1. The van der Waals surface area contributed by atoms with Crippen LogP contribution < -0.4 is 5.32 Å². The van der Waals surface area contributed by atoms with Crippen LogP contribution in [0, 0.1) is 6.92 Å². The summed E-state index contributed by atoms with van der Waals surface area (Å²) in [4.78, 5) is 17.2. The average molecular weight is 340 g/mol. The number of anilines is 1. The number of aryl methyl sites for hydroxylation is 1. The molecule has 24 heavy (non-hydrogen) atoms. The summed E-state index contributed by atoms with van der Waals surface area (Å²) in [5, 5.41) is 3.57. The molecule has 3 rings (SSSR count). The van der Waals surface area contributed by atoms with Gasteiger partial charge in [0.1, 0.15) is 0 Å². The Morgan fingerprint density at radius 2 is 1.71 bits per heavy atom. The van der Waals surface area contributed by atoms with E-state index in [4.69, 9.17) is 0 Å². The Labute approximate surface area is 140 Å². The second-order valence-corrected chi connectivity index (χ2v) is 7.59. The predicted octanol–water partition coefficient (Wildman–Crippen LogP) is 3.20. The van der Waals surface area contributed by atoms with Gasteiger partial charge in [-0.3, -0.25) is 9.78 Å². The molecule has 3 aromatic rings. The molecule has 1 aromatic heterocycles. The van der Waals surface area contributed by atoms with Crippen molar-refractivity contribution in [1.29, 1.82) is 0 Å². The molecular formula is C18H16N2O3S.